The van der Waals surface area contributed by atoms with Gasteiger partial charge in [-0.3, -0.25) is 9.59 Å². The van der Waals surface area contributed by atoms with Crippen molar-refractivity contribution in [3.05, 3.63) is 53.6 Å². The van der Waals surface area contributed by atoms with Crippen molar-refractivity contribution < 1.29 is 19.1 Å². The van der Waals surface area contributed by atoms with Crippen LogP contribution in [0.1, 0.15) is 12.8 Å². The molecule has 9 heteroatoms. The van der Waals surface area contributed by atoms with Gasteiger partial charge in [0.25, 0.3) is 5.91 Å². The van der Waals surface area contributed by atoms with Crippen LogP contribution >= 0.6 is 23.4 Å². The molecule has 2 N–H and O–H groups in total. The van der Waals surface area contributed by atoms with Gasteiger partial charge in [-0.1, -0.05) is 35.5 Å². The Morgan fingerprint density at radius 2 is 1.89 bits per heavy atom. The Morgan fingerprint density at radius 3 is 2.61 bits per heavy atom. The first-order valence-electron chi connectivity index (χ1n) is 8.36. The molecule has 1 aliphatic heterocycles. The van der Waals surface area contributed by atoms with E-state index in [9.17, 15) is 14.4 Å². The minimum absolute atomic E-state index is 0.0890. The summed E-state index contributed by atoms with van der Waals surface area (Å²) >= 11 is 7.37. The van der Waals surface area contributed by atoms with Gasteiger partial charge in [-0.05, 0) is 36.4 Å². The van der Waals surface area contributed by atoms with E-state index in [1.165, 1.54) is 11.8 Å². The van der Waals surface area contributed by atoms with Crippen LogP contribution in [0.3, 0.4) is 0 Å². The van der Waals surface area contributed by atoms with E-state index >= 15 is 0 Å². The van der Waals surface area contributed by atoms with Gasteiger partial charge in [0.1, 0.15) is 5.71 Å². The molecular formula is C19H16ClN3O4S. The zero-order chi connectivity index (χ0) is 19.9. The van der Waals surface area contributed by atoms with Crippen LogP contribution in [0, 0.1) is 0 Å². The maximum absolute atomic E-state index is 12.2. The molecule has 1 heterocycles. The number of carbonyl (C=O) groups excluding carboxylic acids is 3. The summed E-state index contributed by atoms with van der Waals surface area (Å²) in [5, 5.41) is 7.02. The molecule has 2 aromatic rings. The van der Waals surface area contributed by atoms with Crippen LogP contribution < -0.4 is 10.7 Å². The van der Waals surface area contributed by atoms with E-state index in [2.05, 4.69) is 15.8 Å². The molecule has 2 aromatic carbocycles. The summed E-state index contributed by atoms with van der Waals surface area (Å²) in [7, 11) is 0. The van der Waals surface area contributed by atoms with Crippen molar-refractivity contribution in [2.45, 2.75) is 22.6 Å². The average molecular weight is 418 g/mol. The van der Waals surface area contributed by atoms with Crippen LogP contribution in [0.15, 0.2) is 63.4 Å². The normalized spacial score (nSPS) is 13.3. The third-order valence-corrected chi connectivity index (χ3v) is 5.01. The van der Waals surface area contributed by atoms with Gasteiger partial charge in [-0.25, -0.2) is 10.2 Å². The molecule has 0 spiro atoms. The molecular weight excluding hydrogens is 402 g/mol. The summed E-state index contributed by atoms with van der Waals surface area (Å²) < 4.78 is 4.97. The Hall–Kier alpha value is -2.84. The summed E-state index contributed by atoms with van der Waals surface area (Å²) in [5.41, 5.74) is 2.90. The van der Waals surface area contributed by atoms with Crippen molar-refractivity contribution in [3.63, 3.8) is 0 Å². The van der Waals surface area contributed by atoms with Crippen molar-refractivity contribution in [1.82, 2.24) is 5.43 Å². The second kappa shape index (κ2) is 9.38. The lowest BCUT2D eigenvalue weighted by Gasteiger charge is -2.13. The predicted molar refractivity (Wildman–Crippen MR) is 106 cm³/mol. The maximum Gasteiger partial charge on any atom is 0.355 e. The van der Waals surface area contributed by atoms with E-state index in [0.717, 1.165) is 9.79 Å². The molecule has 144 valence electrons. The van der Waals surface area contributed by atoms with Gasteiger partial charge < -0.3 is 10.1 Å². The standard InChI is InChI=1S/C19H16ClN3O4S/c20-12-5-7-13(8-6-12)28-16-4-2-1-3-14(16)21-18(25)11-27-19(26)15-9-10-17(24)23-22-15/h1-8H,9-11H2,(H,21,25)(H,23,24). The van der Waals surface area contributed by atoms with Crippen LogP contribution in [-0.2, 0) is 19.1 Å². The molecule has 0 saturated carbocycles. The summed E-state index contributed by atoms with van der Waals surface area (Å²) in [6.45, 7) is -0.453. The van der Waals surface area contributed by atoms with Gasteiger partial charge in [0.15, 0.2) is 6.61 Å². The second-order valence-electron chi connectivity index (χ2n) is 5.77. The Labute approximate surface area is 170 Å². The number of hydrogen-bond donors (Lipinski definition) is 2. The molecule has 0 bridgehead atoms. The second-order valence-corrected chi connectivity index (χ2v) is 7.32. The van der Waals surface area contributed by atoms with Crippen LogP contribution in [-0.4, -0.2) is 30.1 Å². The highest BCUT2D eigenvalue weighted by Gasteiger charge is 2.20. The molecule has 0 saturated heterocycles. The zero-order valence-electron chi connectivity index (χ0n) is 14.6. The fourth-order valence-electron chi connectivity index (χ4n) is 2.31. The third kappa shape index (κ3) is 5.58. The van der Waals surface area contributed by atoms with Gasteiger partial charge in [-0.15, -0.1) is 0 Å². The Bertz CT molecular complexity index is 931. The van der Waals surface area contributed by atoms with Crippen molar-refractivity contribution >= 4 is 52.5 Å². The number of carbonyl (C=O) groups is 3. The van der Waals surface area contributed by atoms with Crippen LogP contribution in [0.25, 0.3) is 0 Å². The predicted octanol–water partition coefficient (Wildman–Crippen LogP) is 3.24. The quantitative estimate of drug-likeness (QED) is 0.703. The Morgan fingerprint density at radius 1 is 1.14 bits per heavy atom. The van der Waals surface area contributed by atoms with E-state index in [1.807, 2.05) is 24.3 Å². The highest BCUT2D eigenvalue weighted by molar-refractivity contribution is 7.99. The fourth-order valence-corrected chi connectivity index (χ4v) is 3.34. The van der Waals surface area contributed by atoms with Crippen molar-refractivity contribution in [2.24, 2.45) is 5.10 Å². The molecule has 0 aromatic heterocycles. The SMILES string of the molecule is O=C1CCC(C(=O)OCC(=O)Nc2ccccc2Sc2ccc(Cl)cc2)=NN1. The van der Waals surface area contributed by atoms with Crippen molar-refractivity contribution in [3.8, 4) is 0 Å². The molecule has 3 rings (SSSR count). The number of halogens is 1. The lowest BCUT2D eigenvalue weighted by Crippen LogP contribution is -2.32. The third-order valence-electron chi connectivity index (χ3n) is 3.68. The molecule has 0 fully saturated rings. The number of hydrazone groups is 1. The topological polar surface area (TPSA) is 96.9 Å². The molecule has 2 amide bonds. The van der Waals surface area contributed by atoms with Crippen LogP contribution in [0.4, 0.5) is 5.69 Å². The molecule has 0 radical (unpaired) electrons. The Kier molecular flexibility index (Phi) is 6.67. The van der Waals surface area contributed by atoms with Gasteiger partial charge in [0.05, 0.1) is 5.69 Å². The van der Waals surface area contributed by atoms with E-state index in [0.29, 0.717) is 10.7 Å². The number of amides is 2. The molecule has 0 unspecified atom stereocenters. The van der Waals surface area contributed by atoms with E-state index in [-0.39, 0.29) is 24.5 Å². The molecule has 0 atom stereocenters. The van der Waals surface area contributed by atoms with Gasteiger partial charge in [0.2, 0.25) is 5.91 Å². The molecule has 1 aliphatic rings. The number of nitrogens with zero attached hydrogens (tertiary/aromatic N) is 1. The fraction of sp³-hybridized carbons (Fsp3) is 0.158. The highest BCUT2D eigenvalue weighted by Crippen LogP contribution is 2.33. The monoisotopic (exact) mass is 417 g/mol. The number of rotatable bonds is 6. The van der Waals surface area contributed by atoms with Gasteiger partial charge in [0, 0.05) is 27.7 Å². The van der Waals surface area contributed by atoms with E-state index in [1.54, 1.807) is 24.3 Å². The number of nitrogens with one attached hydrogen (secondary N) is 2. The maximum atomic E-state index is 12.2. The number of anilines is 1. The number of ether oxygens (including phenoxy) is 1. The van der Waals surface area contributed by atoms with Gasteiger partial charge in [-0.2, -0.15) is 5.10 Å². The summed E-state index contributed by atoms with van der Waals surface area (Å²) in [6, 6.07) is 14.7. The summed E-state index contributed by atoms with van der Waals surface area (Å²) in [6.07, 6.45) is 0.349. The number of esters is 1. The number of hydrogen-bond acceptors (Lipinski definition) is 6. The zero-order valence-corrected chi connectivity index (χ0v) is 16.2. The number of benzene rings is 2. The minimum Gasteiger partial charge on any atom is -0.451 e. The first-order valence-corrected chi connectivity index (χ1v) is 9.55. The first-order chi connectivity index (χ1) is 13.5. The Balaban J connectivity index is 1.57. The lowest BCUT2D eigenvalue weighted by molar-refractivity contribution is -0.140. The van der Waals surface area contributed by atoms with Crippen LogP contribution in [0.5, 0.6) is 0 Å². The minimum atomic E-state index is -0.723. The van der Waals surface area contributed by atoms with E-state index < -0.39 is 18.5 Å². The lowest BCUT2D eigenvalue weighted by atomic mass is 10.2. The largest absolute Gasteiger partial charge is 0.451 e. The van der Waals surface area contributed by atoms with Crippen LogP contribution in [0.2, 0.25) is 5.02 Å². The van der Waals surface area contributed by atoms with Gasteiger partial charge >= 0.3 is 5.97 Å². The molecule has 0 aliphatic carbocycles. The first kappa shape index (κ1) is 19.9. The summed E-state index contributed by atoms with van der Waals surface area (Å²) in [5.74, 6) is -1.46. The van der Waals surface area contributed by atoms with Crippen molar-refractivity contribution in [2.75, 3.05) is 11.9 Å². The highest BCUT2D eigenvalue weighted by atomic mass is 35.5. The smallest absolute Gasteiger partial charge is 0.355 e. The molecule has 7 nitrogen and oxygen atoms in total. The van der Waals surface area contributed by atoms with E-state index in [4.69, 9.17) is 16.3 Å². The van der Waals surface area contributed by atoms with Crippen molar-refractivity contribution in [1.29, 1.82) is 0 Å². The number of para-hydroxylation sites is 1. The summed E-state index contributed by atoms with van der Waals surface area (Å²) in [4.78, 5) is 36.9. The average Bonchev–Trinajstić information content (AvgIpc) is 2.70. The molecule has 28 heavy (non-hydrogen) atoms.